The van der Waals surface area contributed by atoms with Crippen molar-refractivity contribution < 1.29 is 4.74 Å². The second kappa shape index (κ2) is 8.30. The van der Waals surface area contributed by atoms with Crippen LogP contribution in [0.2, 0.25) is 0 Å². The van der Waals surface area contributed by atoms with Gasteiger partial charge in [0, 0.05) is 31.1 Å². The molecule has 0 saturated carbocycles. The van der Waals surface area contributed by atoms with Gasteiger partial charge in [0.2, 0.25) is 0 Å². The molecule has 0 fully saturated rings. The zero-order valence-electron chi connectivity index (χ0n) is 16.1. The number of aromatic nitrogens is 3. The third-order valence-corrected chi connectivity index (χ3v) is 5.21. The van der Waals surface area contributed by atoms with Crippen LogP contribution in [0.4, 0.5) is 10.9 Å². The highest BCUT2D eigenvalue weighted by atomic mass is 32.1. The number of ether oxygens (including phenoxy) is 1. The van der Waals surface area contributed by atoms with E-state index in [9.17, 15) is 9.59 Å². The SMILES string of the molecule is CCCn1c(N)c(-c2csc(NCc3ccccc3OC)n2)c(=O)n(C)c1=O. The van der Waals surface area contributed by atoms with Gasteiger partial charge < -0.3 is 15.8 Å². The fourth-order valence-electron chi connectivity index (χ4n) is 2.95. The van der Waals surface area contributed by atoms with Gasteiger partial charge in [0.25, 0.3) is 5.56 Å². The van der Waals surface area contributed by atoms with Crippen molar-refractivity contribution in [3.8, 4) is 17.0 Å². The number of anilines is 2. The van der Waals surface area contributed by atoms with Gasteiger partial charge in [-0.05, 0) is 12.5 Å². The topological polar surface area (TPSA) is 104 Å². The molecule has 0 bridgehead atoms. The summed E-state index contributed by atoms with van der Waals surface area (Å²) in [6.45, 7) is 2.91. The van der Waals surface area contributed by atoms with Crippen molar-refractivity contribution >= 4 is 22.3 Å². The first kappa shape index (κ1) is 19.7. The number of para-hydroxylation sites is 1. The molecule has 0 aliphatic carbocycles. The first-order chi connectivity index (χ1) is 13.5. The Hall–Kier alpha value is -3.07. The quantitative estimate of drug-likeness (QED) is 0.629. The van der Waals surface area contributed by atoms with E-state index >= 15 is 0 Å². The summed E-state index contributed by atoms with van der Waals surface area (Å²) in [6.07, 6.45) is 0.727. The summed E-state index contributed by atoms with van der Waals surface area (Å²) in [5.74, 6) is 0.938. The molecule has 2 aromatic heterocycles. The van der Waals surface area contributed by atoms with E-state index < -0.39 is 11.2 Å². The molecule has 3 aromatic rings. The third-order valence-electron chi connectivity index (χ3n) is 4.41. The summed E-state index contributed by atoms with van der Waals surface area (Å²) in [7, 11) is 3.08. The van der Waals surface area contributed by atoms with E-state index in [2.05, 4.69) is 10.3 Å². The molecule has 28 heavy (non-hydrogen) atoms. The van der Waals surface area contributed by atoms with E-state index in [-0.39, 0.29) is 11.4 Å². The molecule has 0 aliphatic heterocycles. The van der Waals surface area contributed by atoms with Crippen LogP contribution in [0.5, 0.6) is 5.75 Å². The van der Waals surface area contributed by atoms with Gasteiger partial charge in [-0.1, -0.05) is 25.1 Å². The van der Waals surface area contributed by atoms with Gasteiger partial charge in [-0.25, -0.2) is 9.78 Å². The Morgan fingerprint density at radius 3 is 2.75 bits per heavy atom. The van der Waals surface area contributed by atoms with Crippen LogP contribution < -0.4 is 27.0 Å². The van der Waals surface area contributed by atoms with Gasteiger partial charge in [0.15, 0.2) is 5.13 Å². The standard InChI is InChI=1S/C19H23N5O3S/c1-4-9-24-16(20)15(17(25)23(2)19(24)26)13-11-28-18(22-13)21-10-12-7-5-6-8-14(12)27-3/h5-8,11H,4,9-10,20H2,1-3H3,(H,21,22). The largest absolute Gasteiger partial charge is 0.496 e. The van der Waals surface area contributed by atoms with Crippen LogP contribution in [0.25, 0.3) is 11.3 Å². The Morgan fingerprint density at radius 2 is 2.04 bits per heavy atom. The number of methoxy groups -OCH3 is 1. The highest BCUT2D eigenvalue weighted by Gasteiger charge is 2.19. The van der Waals surface area contributed by atoms with E-state index in [0.717, 1.165) is 22.3 Å². The summed E-state index contributed by atoms with van der Waals surface area (Å²) in [6, 6.07) is 7.71. The number of nitrogens with two attached hydrogens (primary N) is 1. The zero-order valence-corrected chi connectivity index (χ0v) is 16.9. The minimum atomic E-state index is -0.448. The number of nitrogens with one attached hydrogen (secondary N) is 1. The van der Waals surface area contributed by atoms with Gasteiger partial charge in [-0.15, -0.1) is 11.3 Å². The lowest BCUT2D eigenvalue weighted by atomic mass is 10.2. The van der Waals surface area contributed by atoms with Crippen molar-refractivity contribution in [1.82, 2.24) is 14.1 Å². The van der Waals surface area contributed by atoms with Crippen LogP contribution >= 0.6 is 11.3 Å². The van der Waals surface area contributed by atoms with Crippen molar-refractivity contribution in [2.75, 3.05) is 18.2 Å². The molecule has 0 unspecified atom stereocenters. The van der Waals surface area contributed by atoms with Gasteiger partial charge in [-0.3, -0.25) is 13.9 Å². The lowest BCUT2D eigenvalue weighted by Crippen LogP contribution is -2.40. The monoisotopic (exact) mass is 401 g/mol. The second-order valence-electron chi connectivity index (χ2n) is 6.26. The van der Waals surface area contributed by atoms with Gasteiger partial charge >= 0.3 is 5.69 Å². The van der Waals surface area contributed by atoms with Crippen LogP contribution in [-0.4, -0.2) is 21.2 Å². The number of rotatable bonds is 7. The number of hydrogen-bond donors (Lipinski definition) is 2. The Balaban J connectivity index is 1.92. The predicted molar refractivity (Wildman–Crippen MR) is 112 cm³/mol. The lowest BCUT2D eigenvalue weighted by molar-refractivity contribution is 0.410. The maximum atomic E-state index is 12.6. The van der Waals surface area contributed by atoms with Crippen LogP contribution in [0.1, 0.15) is 18.9 Å². The first-order valence-corrected chi connectivity index (χ1v) is 9.76. The Bertz CT molecular complexity index is 1100. The normalized spacial score (nSPS) is 10.8. The minimum absolute atomic E-state index is 0.150. The molecule has 148 valence electrons. The molecule has 0 aliphatic rings. The summed E-state index contributed by atoms with van der Waals surface area (Å²) in [5, 5.41) is 5.65. The van der Waals surface area contributed by atoms with E-state index in [1.807, 2.05) is 31.2 Å². The number of benzene rings is 1. The van der Waals surface area contributed by atoms with Crippen molar-refractivity contribution in [3.05, 3.63) is 56.0 Å². The molecular formula is C19H23N5O3S. The number of nitrogens with zero attached hydrogens (tertiary/aromatic N) is 3. The Kier molecular flexibility index (Phi) is 5.84. The molecule has 0 atom stereocenters. The lowest BCUT2D eigenvalue weighted by Gasteiger charge is -2.13. The molecule has 8 nitrogen and oxygen atoms in total. The average molecular weight is 401 g/mol. The van der Waals surface area contributed by atoms with E-state index in [4.69, 9.17) is 10.5 Å². The molecule has 1 aromatic carbocycles. The van der Waals surface area contributed by atoms with E-state index in [1.54, 1.807) is 12.5 Å². The first-order valence-electron chi connectivity index (χ1n) is 8.88. The number of hydrogen-bond acceptors (Lipinski definition) is 7. The average Bonchev–Trinajstić information content (AvgIpc) is 3.17. The molecule has 0 radical (unpaired) electrons. The Labute approximate surface area is 166 Å². The summed E-state index contributed by atoms with van der Waals surface area (Å²) in [5.41, 5.74) is 6.99. The van der Waals surface area contributed by atoms with Crippen LogP contribution in [-0.2, 0) is 20.1 Å². The fraction of sp³-hybridized carbons (Fsp3) is 0.316. The highest BCUT2D eigenvalue weighted by Crippen LogP contribution is 2.27. The molecule has 0 spiro atoms. The van der Waals surface area contributed by atoms with Crippen LogP contribution in [0.3, 0.4) is 0 Å². The zero-order chi connectivity index (χ0) is 20.3. The van der Waals surface area contributed by atoms with Crippen LogP contribution in [0.15, 0.2) is 39.2 Å². The Morgan fingerprint density at radius 1 is 1.29 bits per heavy atom. The molecule has 0 saturated heterocycles. The predicted octanol–water partition coefficient (Wildman–Crippen LogP) is 2.28. The highest BCUT2D eigenvalue weighted by molar-refractivity contribution is 7.14. The maximum Gasteiger partial charge on any atom is 0.332 e. The molecular weight excluding hydrogens is 378 g/mol. The molecule has 0 amide bonds. The number of nitrogen functional groups attached to an aromatic ring is 1. The summed E-state index contributed by atoms with van der Waals surface area (Å²) < 4.78 is 7.84. The van der Waals surface area contributed by atoms with E-state index in [0.29, 0.717) is 23.9 Å². The van der Waals surface area contributed by atoms with Crippen molar-refractivity contribution in [1.29, 1.82) is 0 Å². The molecule has 2 heterocycles. The smallest absolute Gasteiger partial charge is 0.332 e. The fourth-order valence-corrected chi connectivity index (χ4v) is 3.65. The number of thiazole rings is 1. The van der Waals surface area contributed by atoms with E-state index in [1.165, 1.54) is 23.0 Å². The van der Waals surface area contributed by atoms with Gasteiger partial charge in [0.1, 0.15) is 17.1 Å². The second-order valence-corrected chi connectivity index (χ2v) is 7.12. The van der Waals surface area contributed by atoms with Crippen molar-refractivity contribution in [3.63, 3.8) is 0 Å². The summed E-state index contributed by atoms with van der Waals surface area (Å²) >= 11 is 1.37. The third kappa shape index (κ3) is 3.65. The maximum absolute atomic E-state index is 12.6. The molecule has 9 heteroatoms. The summed E-state index contributed by atoms with van der Waals surface area (Å²) in [4.78, 5) is 29.5. The molecule has 3 rings (SSSR count). The van der Waals surface area contributed by atoms with Crippen LogP contribution in [0, 0.1) is 0 Å². The minimum Gasteiger partial charge on any atom is -0.496 e. The van der Waals surface area contributed by atoms with Crippen molar-refractivity contribution in [2.24, 2.45) is 7.05 Å². The van der Waals surface area contributed by atoms with Crippen molar-refractivity contribution in [2.45, 2.75) is 26.4 Å². The van der Waals surface area contributed by atoms with Gasteiger partial charge in [-0.2, -0.15) is 0 Å². The molecule has 3 N–H and O–H groups in total. The van der Waals surface area contributed by atoms with Gasteiger partial charge in [0.05, 0.1) is 12.8 Å².